The molecule has 2 aromatic heterocycles. The number of hydrogen-bond acceptors (Lipinski definition) is 7. The van der Waals surface area contributed by atoms with E-state index < -0.39 is 30.6 Å². The highest BCUT2D eigenvalue weighted by Gasteiger charge is 2.53. The maximum Gasteiger partial charge on any atom is 0.167 e. The van der Waals surface area contributed by atoms with Gasteiger partial charge in [-0.25, -0.2) is 9.97 Å². The van der Waals surface area contributed by atoms with Crippen molar-refractivity contribution in [2.45, 2.75) is 31.0 Å². The van der Waals surface area contributed by atoms with Crippen LogP contribution in [0.2, 0.25) is 5.15 Å². The van der Waals surface area contributed by atoms with Crippen LogP contribution in [0.4, 0.5) is 0 Å². The highest BCUT2D eigenvalue weighted by atomic mass is 35.5. The first-order chi connectivity index (χ1) is 10.4. The molecular weight excluding hydrogens is 314 g/mol. The smallest absolute Gasteiger partial charge is 0.167 e. The minimum atomic E-state index is -1.68. The molecule has 8 nitrogen and oxygen atoms in total. The maximum absolute atomic E-state index is 11.2. The fourth-order valence-corrected chi connectivity index (χ4v) is 2.97. The minimum absolute atomic E-state index is 0.0998. The van der Waals surface area contributed by atoms with Gasteiger partial charge in [0.25, 0.3) is 0 Å². The fourth-order valence-electron chi connectivity index (χ4n) is 2.73. The van der Waals surface area contributed by atoms with Crippen LogP contribution in [0, 0.1) is 0 Å². The van der Waals surface area contributed by atoms with Gasteiger partial charge in [-0.05, 0) is 6.92 Å². The number of carbonyl (C=O) groups excluding carboxylic acids is 1. The van der Waals surface area contributed by atoms with Crippen molar-refractivity contribution in [2.75, 3.05) is 6.61 Å². The number of hydrogen-bond donors (Lipinski definition) is 3. The molecule has 0 spiro atoms. The van der Waals surface area contributed by atoms with E-state index in [0.717, 1.165) is 0 Å². The van der Waals surface area contributed by atoms with Crippen LogP contribution in [0.1, 0.15) is 23.5 Å². The van der Waals surface area contributed by atoms with Crippen LogP contribution in [0.25, 0.3) is 11.0 Å². The van der Waals surface area contributed by atoms with Crippen molar-refractivity contribution in [1.29, 1.82) is 0 Å². The topological polar surface area (TPSA) is 118 Å². The SMILES string of the molecule is CC1(O)[C@H](O)[C@@H](CO)O[C@H]1n1cc(C=O)c2c(Cl)ncnc21. The Kier molecular flexibility index (Phi) is 3.66. The Hall–Kier alpha value is -1.58. The summed E-state index contributed by atoms with van der Waals surface area (Å²) < 4.78 is 6.93. The number of halogens is 1. The van der Waals surface area contributed by atoms with Crippen molar-refractivity contribution in [1.82, 2.24) is 14.5 Å². The van der Waals surface area contributed by atoms with Crippen LogP contribution in [0.15, 0.2) is 12.5 Å². The molecule has 0 radical (unpaired) electrons. The standard InChI is InChI=1S/C13H14ClN3O5/c1-13(21)9(20)7(4-19)22-12(13)17-2-6(3-18)8-10(14)15-5-16-11(8)17/h2-3,5,7,9,12,19-21H,4H2,1H3/t7-,9-,12-,13?/m1/s1. The second-order valence-electron chi connectivity index (χ2n) is 5.35. The van der Waals surface area contributed by atoms with Crippen LogP contribution in [0.3, 0.4) is 0 Å². The van der Waals surface area contributed by atoms with Gasteiger partial charge in [0.2, 0.25) is 0 Å². The molecule has 1 aliphatic heterocycles. The molecule has 0 bridgehead atoms. The fraction of sp³-hybridized carbons (Fsp3) is 0.462. The zero-order valence-electron chi connectivity index (χ0n) is 11.5. The average molecular weight is 328 g/mol. The van der Waals surface area contributed by atoms with Gasteiger partial charge in [0, 0.05) is 11.8 Å². The van der Waals surface area contributed by atoms with E-state index in [4.69, 9.17) is 16.3 Å². The first kappa shape index (κ1) is 15.3. The van der Waals surface area contributed by atoms with Crippen LogP contribution in [-0.2, 0) is 4.74 Å². The lowest BCUT2D eigenvalue weighted by atomic mass is 9.96. The lowest BCUT2D eigenvalue weighted by molar-refractivity contribution is -0.0948. The third-order valence-corrected chi connectivity index (χ3v) is 4.19. The van der Waals surface area contributed by atoms with E-state index in [1.165, 1.54) is 24.0 Å². The molecule has 118 valence electrons. The number of fused-ring (bicyclic) bond motifs is 1. The quantitative estimate of drug-likeness (QED) is 0.532. The summed E-state index contributed by atoms with van der Waals surface area (Å²) in [5, 5.41) is 30.2. The van der Waals surface area contributed by atoms with Crippen molar-refractivity contribution in [2.24, 2.45) is 0 Å². The summed E-state index contributed by atoms with van der Waals surface area (Å²) >= 11 is 6.00. The van der Waals surface area contributed by atoms with E-state index in [-0.39, 0.29) is 16.4 Å². The molecule has 9 heteroatoms. The third-order valence-electron chi connectivity index (χ3n) is 3.91. The molecule has 1 aliphatic rings. The third kappa shape index (κ3) is 2.03. The van der Waals surface area contributed by atoms with Gasteiger partial charge < -0.3 is 24.6 Å². The van der Waals surface area contributed by atoms with Crippen LogP contribution in [0.5, 0.6) is 0 Å². The van der Waals surface area contributed by atoms with E-state index in [9.17, 15) is 20.1 Å². The first-order valence-electron chi connectivity index (χ1n) is 6.54. The monoisotopic (exact) mass is 327 g/mol. The van der Waals surface area contributed by atoms with E-state index in [2.05, 4.69) is 9.97 Å². The highest BCUT2D eigenvalue weighted by molar-refractivity contribution is 6.34. The Morgan fingerprint density at radius 2 is 2.27 bits per heavy atom. The first-order valence-corrected chi connectivity index (χ1v) is 6.92. The van der Waals surface area contributed by atoms with Gasteiger partial charge in [0.15, 0.2) is 12.5 Å². The van der Waals surface area contributed by atoms with Crippen molar-refractivity contribution >= 4 is 28.9 Å². The zero-order chi connectivity index (χ0) is 16.1. The van der Waals surface area contributed by atoms with Gasteiger partial charge in [-0.3, -0.25) is 4.79 Å². The summed E-state index contributed by atoms with van der Waals surface area (Å²) in [6, 6.07) is 0. The molecule has 0 amide bonds. The number of rotatable bonds is 3. The zero-order valence-corrected chi connectivity index (χ0v) is 12.3. The number of carbonyl (C=O) groups is 1. The molecule has 3 heterocycles. The summed E-state index contributed by atoms with van der Waals surface area (Å²) in [5.74, 6) is 0. The van der Waals surface area contributed by atoms with Crippen molar-refractivity contribution in [3.63, 3.8) is 0 Å². The predicted octanol–water partition coefficient (Wildman–Crippen LogP) is -0.101. The van der Waals surface area contributed by atoms with Gasteiger partial charge in [-0.2, -0.15) is 0 Å². The van der Waals surface area contributed by atoms with Crippen molar-refractivity contribution in [3.05, 3.63) is 23.2 Å². The second-order valence-corrected chi connectivity index (χ2v) is 5.71. The van der Waals surface area contributed by atoms with Crippen molar-refractivity contribution in [3.8, 4) is 0 Å². The molecule has 3 N–H and O–H groups in total. The van der Waals surface area contributed by atoms with E-state index in [1.807, 2.05) is 0 Å². The van der Waals surface area contributed by atoms with Gasteiger partial charge in [0.05, 0.1) is 12.0 Å². The molecule has 1 saturated heterocycles. The average Bonchev–Trinajstić information content (AvgIpc) is 2.97. The Balaban J connectivity index is 2.19. The summed E-state index contributed by atoms with van der Waals surface area (Å²) in [4.78, 5) is 19.1. The summed E-state index contributed by atoms with van der Waals surface area (Å²) in [6.45, 7) is 0.927. The van der Waals surface area contributed by atoms with Crippen molar-refractivity contribution < 1.29 is 24.9 Å². The van der Waals surface area contributed by atoms with E-state index >= 15 is 0 Å². The number of aromatic nitrogens is 3. The van der Waals surface area contributed by atoms with Gasteiger partial charge >= 0.3 is 0 Å². The maximum atomic E-state index is 11.2. The van der Waals surface area contributed by atoms with Gasteiger partial charge in [-0.15, -0.1) is 0 Å². The largest absolute Gasteiger partial charge is 0.394 e. The number of aliphatic hydroxyl groups is 3. The lowest BCUT2D eigenvalue weighted by Crippen LogP contribution is -2.44. The molecule has 0 aliphatic carbocycles. The molecule has 0 aromatic carbocycles. The highest BCUT2D eigenvalue weighted by Crippen LogP contribution is 2.40. The molecule has 1 unspecified atom stereocenters. The number of nitrogens with zero attached hydrogens (tertiary/aromatic N) is 3. The molecular formula is C13H14ClN3O5. The van der Waals surface area contributed by atoms with Crippen LogP contribution in [-0.4, -0.2) is 60.6 Å². The summed E-state index contributed by atoms with van der Waals surface area (Å²) in [7, 11) is 0. The Morgan fingerprint density at radius 3 is 2.86 bits per heavy atom. The predicted molar refractivity (Wildman–Crippen MR) is 75.6 cm³/mol. The normalized spacial score (nSPS) is 31.8. The van der Waals surface area contributed by atoms with E-state index in [0.29, 0.717) is 11.7 Å². The van der Waals surface area contributed by atoms with Gasteiger partial charge in [0.1, 0.15) is 34.9 Å². The van der Waals surface area contributed by atoms with E-state index in [1.54, 1.807) is 0 Å². The molecule has 0 saturated carbocycles. The molecule has 2 aromatic rings. The Morgan fingerprint density at radius 1 is 1.55 bits per heavy atom. The summed E-state index contributed by atoms with van der Waals surface area (Å²) in [6.07, 6.45) is -0.0471. The van der Waals surface area contributed by atoms with Crippen LogP contribution >= 0.6 is 11.6 Å². The Bertz CT molecular complexity index is 732. The van der Waals surface area contributed by atoms with Gasteiger partial charge in [-0.1, -0.05) is 11.6 Å². The molecule has 4 atom stereocenters. The molecule has 3 rings (SSSR count). The summed E-state index contributed by atoms with van der Waals surface area (Å²) in [5.41, 5.74) is -1.16. The minimum Gasteiger partial charge on any atom is -0.394 e. The number of aldehydes is 1. The number of ether oxygens (including phenoxy) is 1. The molecule has 22 heavy (non-hydrogen) atoms. The second kappa shape index (κ2) is 5.25. The van der Waals surface area contributed by atoms with Crippen LogP contribution < -0.4 is 0 Å². The number of aliphatic hydroxyl groups excluding tert-OH is 2. The lowest BCUT2D eigenvalue weighted by Gasteiger charge is -2.27. The molecule has 1 fully saturated rings. The Labute approximate surface area is 129 Å².